The number of alkyl halides is 2. The van der Waals surface area contributed by atoms with Gasteiger partial charge < -0.3 is 0 Å². The van der Waals surface area contributed by atoms with Gasteiger partial charge in [-0.3, -0.25) is 0 Å². The first kappa shape index (κ1) is 13.4. The van der Waals surface area contributed by atoms with Crippen LogP contribution in [0.1, 0.15) is 17.6 Å². The number of benzene rings is 1. The Balaban J connectivity index is 3.64. The fourth-order valence-corrected chi connectivity index (χ4v) is 2.77. The molecule has 0 N–H and O–H groups in total. The lowest BCUT2D eigenvalue weighted by Crippen LogP contribution is -1.99. The van der Waals surface area contributed by atoms with Gasteiger partial charge in [-0.1, -0.05) is 0 Å². The Bertz CT molecular complexity index is 568. The molecule has 0 aliphatic rings. The number of rotatable bonds is 2. The maximum Gasteiger partial charge on any atom is 0.263 e. The Labute approximate surface area is 103 Å². The van der Waals surface area contributed by atoms with Crippen LogP contribution >= 0.6 is 26.6 Å². The maximum absolute atomic E-state index is 12.4. The average Bonchev–Trinajstić information content (AvgIpc) is 2.14. The molecule has 0 atom stereocenters. The lowest BCUT2D eigenvalue weighted by Gasteiger charge is -2.06. The molecule has 0 saturated carbocycles. The molecular weight excluding hydrogens is 328 g/mol. The second-order valence-corrected chi connectivity index (χ2v) is 6.11. The maximum atomic E-state index is 12.4. The fraction of sp³-hybridized carbons (Fsp3) is 0.125. The Morgan fingerprint density at radius 3 is 2.38 bits per heavy atom. The Morgan fingerprint density at radius 2 is 2.00 bits per heavy atom. The first-order valence-corrected chi connectivity index (χ1v) is 6.84. The van der Waals surface area contributed by atoms with E-state index < -0.39 is 25.9 Å². The zero-order valence-electron chi connectivity index (χ0n) is 7.42. The van der Waals surface area contributed by atoms with E-state index in [1.54, 1.807) is 6.07 Å². The predicted octanol–water partition coefficient (Wildman–Crippen LogP) is 3.19. The molecule has 16 heavy (non-hydrogen) atoms. The first-order chi connectivity index (χ1) is 7.27. The molecule has 86 valence electrons. The van der Waals surface area contributed by atoms with Gasteiger partial charge in [0.15, 0.2) is 0 Å². The van der Waals surface area contributed by atoms with Crippen LogP contribution in [0.3, 0.4) is 0 Å². The van der Waals surface area contributed by atoms with Crippen LogP contribution in [0.4, 0.5) is 8.78 Å². The summed E-state index contributed by atoms with van der Waals surface area (Å²) in [6.07, 6.45) is -2.85. The van der Waals surface area contributed by atoms with Gasteiger partial charge in [-0.25, -0.2) is 17.2 Å². The zero-order chi connectivity index (χ0) is 12.5. The highest BCUT2D eigenvalue weighted by Gasteiger charge is 2.22. The molecule has 0 aliphatic heterocycles. The lowest BCUT2D eigenvalue weighted by atomic mass is 10.1. The van der Waals surface area contributed by atoms with E-state index >= 15 is 0 Å². The van der Waals surface area contributed by atoms with Crippen LogP contribution in [0, 0.1) is 11.3 Å². The van der Waals surface area contributed by atoms with Crippen LogP contribution in [-0.2, 0) is 9.05 Å². The summed E-state index contributed by atoms with van der Waals surface area (Å²) in [7, 11) is 0.809. The molecule has 0 amide bonds. The molecule has 0 heterocycles. The first-order valence-electron chi connectivity index (χ1n) is 3.73. The minimum atomic E-state index is -4.24. The smallest absolute Gasteiger partial charge is 0.207 e. The molecule has 0 aromatic heterocycles. The summed E-state index contributed by atoms with van der Waals surface area (Å²) < 4.78 is 47.0. The van der Waals surface area contributed by atoms with Crippen molar-refractivity contribution in [1.29, 1.82) is 5.26 Å². The van der Waals surface area contributed by atoms with Crippen LogP contribution in [0.25, 0.3) is 0 Å². The van der Waals surface area contributed by atoms with Crippen LogP contribution in [0.5, 0.6) is 0 Å². The number of nitrogens with zero attached hydrogens (tertiary/aromatic N) is 1. The molecule has 0 spiro atoms. The minimum Gasteiger partial charge on any atom is -0.207 e. The molecule has 0 aliphatic carbocycles. The van der Waals surface area contributed by atoms with Gasteiger partial charge in [-0.15, -0.1) is 0 Å². The largest absolute Gasteiger partial charge is 0.263 e. The number of halogens is 4. The predicted molar refractivity (Wildman–Crippen MR) is 56.9 cm³/mol. The second-order valence-electron chi connectivity index (χ2n) is 2.73. The van der Waals surface area contributed by atoms with E-state index in [4.69, 9.17) is 15.9 Å². The van der Waals surface area contributed by atoms with Crippen molar-refractivity contribution in [2.24, 2.45) is 0 Å². The molecule has 0 bridgehead atoms. The van der Waals surface area contributed by atoms with E-state index in [9.17, 15) is 17.2 Å². The van der Waals surface area contributed by atoms with E-state index in [0.717, 1.165) is 6.07 Å². The molecule has 1 rings (SSSR count). The van der Waals surface area contributed by atoms with E-state index in [1.165, 1.54) is 0 Å². The third-order valence-corrected chi connectivity index (χ3v) is 3.67. The molecule has 8 heteroatoms. The molecule has 1 aromatic carbocycles. The summed E-state index contributed by atoms with van der Waals surface area (Å²) in [6, 6.07) is 3.25. The third-order valence-electron chi connectivity index (χ3n) is 1.70. The lowest BCUT2D eigenvalue weighted by molar-refractivity contribution is 0.151. The van der Waals surface area contributed by atoms with Crippen LogP contribution < -0.4 is 0 Å². The average molecular weight is 331 g/mol. The highest BCUT2D eigenvalue weighted by atomic mass is 79.9. The van der Waals surface area contributed by atoms with E-state index in [-0.39, 0.29) is 10.0 Å². The number of hydrogen-bond acceptors (Lipinski definition) is 3. The van der Waals surface area contributed by atoms with Crippen molar-refractivity contribution in [3.8, 4) is 6.07 Å². The SMILES string of the molecule is N#Cc1c(Br)cc(C(F)F)cc1S(=O)(=O)Cl. The summed E-state index contributed by atoms with van der Waals surface area (Å²) in [6.45, 7) is 0. The topological polar surface area (TPSA) is 57.9 Å². The van der Waals surface area contributed by atoms with Gasteiger partial charge in [0.1, 0.15) is 11.0 Å². The molecule has 0 saturated heterocycles. The normalized spacial score (nSPS) is 11.5. The van der Waals surface area contributed by atoms with Crippen LogP contribution in [-0.4, -0.2) is 8.42 Å². The number of nitriles is 1. The molecular formula is C8H3BrClF2NO2S. The van der Waals surface area contributed by atoms with Crippen molar-refractivity contribution < 1.29 is 17.2 Å². The fourth-order valence-electron chi connectivity index (χ4n) is 1.03. The molecule has 0 radical (unpaired) electrons. The van der Waals surface area contributed by atoms with E-state index in [0.29, 0.717) is 6.07 Å². The van der Waals surface area contributed by atoms with Crippen molar-refractivity contribution in [2.45, 2.75) is 11.3 Å². The van der Waals surface area contributed by atoms with Gasteiger partial charge in [0, 0.05) is 20.7 Å². The second kappa shape index (κ2) is 4.65. The van der Waals surface area contributed by atoms with Gasteiger partial charge in [-0.2, -0.15) is 5.26 Å². The van der Waals surface area contributed by atoms with E-state index in [2.05, 4.69) is 15.9 Å². The third kappa shape index (κ3) is 2.70. The van der Waals surface area contributed by atoms with Crippen molar-refractivity contribution in [3.63, 3.8) is 0 Å². The molecule has 0 fully saturated rings. The summed E-state index contributed by atoms with van der Waals surface area (Å²) in [5.41, 5.74) is -0.815. The zero-order valence-corrected chi connectivity index (χ0v) is 10.6. The van der Waals surface area contributed by atoms with Gasteiger partial charge in [0.05, 0.1) is 5.56 Å². The molecule has 3 nitrogen and oxygen atoms in total. The Morgan fingerprint density at radius 1 is 1.44 bits per heavy atom. The summed E-state index contributed by atoms with van der Waals surface area (Å²) in [5, 5.41) is 8.70. The highest BCUT2D eigenvalue weighted by molar-refractivity contribution is 9.10. The summed E-state index contributed by atoms with van der Waals surface area (Å²) >= 11 is 2.84. The summed E-state index contributed by atoms with van der Waals surface area (Å²) in [4.78, 5) is -0.624. The quantitative estimate of drug-likeness (QED) is 0.783. The summed E-state index contributed by atoms with van der Waals surface area (Å²) in [5.74, 6) is 0. The van der Waals surface area contributed by atoms with Gasteiger partial charge >= 0.3 is 0 Å². The van der Waals surface area contributed by atoms with Crippen molar-refractivity contribution in [2.75, 3.05) is 0 Å². The number of hydrogen-bond donors (Lipinski definition) is 0. The van der Waals surface area contributed by atoms with Crippen molar-refractivity contribution in [1.82, 2.24) is 0 Å². The standard InChI is InChI=1S/C8H3BrClF2NO2S/c9-6-1-4(8(11)12)2-7(5(6)3-13)16(10,14)15/h1-2,8H. The van der Waals surface area contributed by atoms with E-state index in [1.807, 2.05) is 0 Å². The van der Waals surface area contributed by atoms with Gasteiger partial charge in [0.2, 0.25) is 0 Å². The van der Waals surface area contributed by atoms with Gasteiger partial charge in [-0.05, 0) is 28.1 Å². The van der Waals surface area contributed by atoms with Crippen molar-refractivity contribution in [3.05, 3.63) is 27.7 Å². The molecule has 0 unspecified atom stereocenters. The van der Waals surface area contributed by atoms with Crippen molar-refractivity contribution >= 4 is 35.7 Å². The van der Waals surface area contributed by atoms with Crippen LogP contribution in [0.2, 0.25) is 0 Å². The molecule has 1 aromatic rings. The Hall–Kier alpha value is -0.710. The monoisotopic (exact) mass is 329 g/mol. The Kier molecular flexibility index (Phi) is 3.88. The van der Waals surface area contributed by atoms with Gasteiger partial charge in [0.25, 0.3) is 15.5 Å². The van der Waals surface area contributed by atoms with Crippen LogP contribution in [0.15, 0.2) is 21.5 Å². The minimum absolute atomic E-state index is 0.0352. The highest BCUT2D eigenvalue weighted by Crippen LogP contribution is 2.31.